The second-order valence-electron chi connectivity index (χ2n) is 11.3. The maximum Gasteiger partial charge on any atom is 0.0708 e. The number of aromatic nitrogens is 2. The molecule has 41 heavy (non-hydrogen) atoms. The van der Waals surface area contributed by atoms with Crippen LogP contribution in [0.25, 0.3) is 44.8 Å². The summed E-state index contributed by atoms with van der Waals surface area (Å²) in [5, 5.41) is 0. The van der Waals surface area contributed by atoms with Gasteiger partial charge >= 0.3 is 0 Å². The Morgan fingerprint density at radius 2 is 0.756 bits per heavy atom. The molecular weight excluding hydrogens is 496 g/mol. The topological polar surface area (TPSA) is 25.8 Å². The van der Waals surface area contributed by atoms with E-state index < -0.39 is 5.41 Å². The van der Waals surface area contributed by atoms with Gasteiger partial charge in [-0.25, -0.2) is 0 Å². The van der Waals surface area contributed by atoms with Gasteiger partial charge in [-0.2, -0.15) is 0 Å². The third kappa shape index (κ3) is 5.60. The summed E-state index contributed by atoms with van der Waals surface area (Å²) in [5.74, 6) is 0. The molecule has 0 aliphatic heterocycles. The standard InChI is InChI=1S/C39H34N2/c1-27-21-35(33-19-11-17-31(25-33)29-13-7-5-8-14-29)40-37(23-27)39(3,4)38-24-28(2)22-36(41-38)34-20-12-18-32(26-34)30-15-9-6-10-16-30/h5-26H,1-4H3. The molecule has 0 N–H and O–H groups in total. The minimum atomic E-state index is -0.393. The van der Waals surface area contributed by atoms with Crippen molar-refractivity contribution in [3.63, 3.8) is 0 Å². The summed E-state index contributed by atoms with van der Waals surface area (Å²) in [6.07, 6.45) is 0. The van der Waals surface area contributed by atoms with Gasteiger partial charge in [0.05, 0.1) is 22.8 Å². The van der Waals surface area contributed by atoms with Crippen LogP contribution in [0.5, 0.6) is 0 Å². The Morgan fingerprint density at radius 1 is 0.390 bits per heavy atom. The van der Waals surface area contributed by atoms with Crippen LogP contribution in [-0.2, 0) is 5.41 Å². The molecule has 2 nitrogen and oxygen atoms in total. The van der Waals surface area contributed by atoms with Crippen LogP contribution < -0.4 is 0 Å². The fourth-order valence-electron chi connectivity index (χ4n) is 5.38. The molecule has 0 saturated heterocycles. The van der Waals surface area contributed by atoms with E-state index in [-0.39, 0.29) is 0 Å². The van der Waals surface area contributed by atoms with E-state index in [1.54, 1.807) is 0 Å². The Bertz CT molecular complexity index is 1680. The molecule has 0 aliphatic carbocycles. The number of benzene rings is 4. The molecule has 6 aromatic rings. The number of aryl methyl sites for hydroxylation is 2. The molecule has 0 aliphatic rings. The quantitative estimate of drug-likeness (QED) is 0.214. The van der Waals surface area contributed by atoms with Gasteiger partial charge in [0.1, 0.15) is 0 Å². The molecule has 2 heteroatoms. The average molecular weight is 531 g/mol. The summed E-state index contributed by atoms with van der Waals surface area (Å²) in [7, 11) is 0. The monoisotopic (exact) mass is 530 g/mol. The second-order valence-corrected chi connectivity index (χ2v) is 11.3. The van der Waals surface area contributed by atoms with E-state index in [0.717, 1.165) is 33.9 Å². The van der Waals surface area contributed by atoms with E-state index >= 15 is 0 Å². The number of pyridine rings is 2. The Labute approximate surface area is 243 Å². The molecule has 0 saturated carbocycles. The van der Waals surface area contributed by atoms with E-state index in [9.17, 15) is 0 Å². The molecule has 0 fully saturated rings. The van der Waals surface area contributed by atoms with Crippen molar-refractivity contribution in [3.8, 4) is 44.8 Å². The van der Waals surface area contributed by atoms with Gasteiger partial charge in [0.2, 0.25) is 0 Å². The summed E-state index contributed by atoms with van der Waals surface area (Å²) < 4.78 is 0. The molecule has 4 aromatic carbocycles. The predicted molar refractivity (Wildman–Crippen MR) is 172 cm³/mol. The molecule has 0 amide bonds. The first-order chi connectivity index (χ1) is 19.9. The van der Waals surface area contributed by atoms with E-state index in [1.165, 1.54) is 33.4 Å². The maximum absolute atomic E-state index is 5.23. The number of hydrogen-bond donors (Lipinski definition) is 0. The van der Waals surface area contributed by atoms with Gasteiger partial charge in [0.15, 0.2) is 0 Å². The van der Waals surface area contributed by atoms with Gasteiger partial charge in [-0.1, -0.05) is 97.1 Å². The molecule has 200 valence electrons. The van der Waals surface area contributed by atoms with Crippen molar-refractivity contribution < 1.29 is 0 Å². The van der Waals surface area contributed by atoms with Gasteiger partial charge in [0.25, 0.3) is 0 Å². The lowest BCUT2D eigenvalue weighted by molar-refractivity contribution is 0.595. The fourth-order valence-corrected chi connectivity index (χ4v) is 5.38. The van der Waals surface area contributed by atoms with Gasteiger partial charge < -0.3 is 0 Å². The first kappa shape index (κ1) is 26.4. The zero-order chi connectivity index (χ0) is 28.4. The van der Waals surface area contributed by atoms with Crippen molar-refractivity contribution in [1.29, 1.82) is 0 Å². The first-order valence-corrected chi connectivity index (χ1v) is 14.2. The van der Waals surface area contributed by atoms with Crippen LogP contribution in [0.15, 0.2) is 133 Å². The average Bonchev–Trinajstić information content (AvgIpc) is 3.01. The molecule has 2 aromatic heterocycles. The number of hydrogen-bond acceptors (Lipinski definition) is 2. The zero-order valence-corrected chi connectivity index (χ0v) is 24.1. The molecule has 2 heterocycles. The van der Waals surface area contributed by atoms with Crippen LogP contribution in [-0.4, -0.2) is 9.97 Å². The predicted octanol–water partition coefficient (Wildman–Crippen LogP) is 10.1. The van der Waals surface area contributed by atoms with E-state index in [0.29, 0.717) is 0 Å². The Balaban J connectivity index is 1.39. The summed E-state index contributed by atoms with van der Waals surface area (Å²) in [6, 6.07) is 47.0. The van der Waals surface area contributed by atoms with Gasteiger partial charge in [-0.3, -0.25) is 9.97 Å². The van der Waals surface area contributed by atoms with Crippen molar-refractivity contribution in [2.24, 2.45) is 0 Å². The first-order valence-electron chi connectivity index (χ1n) is 14.2. The number of rotatable bonds is 6. The lowest BCUT2D eigenvalue weighted by Gasteiger charge is -2.26. The molecular formula is C39H34N2. The Hall–Kier alpha value is -4.82. The summed E-state index contributed by atoms with van der Waals surface area (Å²) in [5.41, 5.74) is 13.0. The number of nitrogens with zero attached hydrogens (tertiary/aromatic N) is 2. The van der Waals surface area contributed by atoms with Crippen LogP contribution in [0, 0.1) is 13.8 Å². The molecule has 0 radical (unpaired) electrons. The second kappa shape index (κ2) is 11.0. The largest absolute Gasteiger partial charge is 0.252 e. The molecule has 0 atom stereocenters. The van der Waals surface area contributed by atoms with Crippen LogP contribution in [0.2, 0.25) is 0 Å². The minimum Gasteiger partial charge on any atom is -0.252 e. The lowest BCUT2D eigenvalue weighted by Crippen LogP contribution is -2.23. The SMILES string of the molecule is Cc1cc(-c2cccc(-c3ccccc3)c2)nc(C(C)(C)c2cc(C)cc(-c3cccc(-c4ccccc4)c3)n2)c1. The molecule has 6 rings (SSSR count). The Morgan fingerprint density at radius 3 is 1.17 bits per heavy atom. The highest BCUT2D eigenvalue weighted by Gasteiger charge is 2.28. The normalized spacial score (nSPS) is 11.4. The van der Waals surface area contributed by atoms with Gasteiger partial charge in [-0.05, 0) is 97.5 Å². The van der Waals surface area contributed by atoms with Crippen LogP contribution in [0.4, 0.5) is 0 Å². The van der Waals surface area contributed by atoms with Crippen molar-refractivity contribution >= 4 is 0 Å². The highest BCUT2D eigenvalue weighted by Crippen LogP contribution is 2.35. The third-order valence-corrected chi connectivity index (χ3v) is 7.75. The van der Waals surface area contributed by atoms with E-state index in [1.807, 2.05) is 0 Å². The van der Waals surface area contributed by atoms with Crippen LogP contribution >= 0.6 is 0 Å². The van der Waals surface area contributed by atoms with Crippen molar-refractivity contribution in [2.75, 3.05) is 0 Å². The minimum absolute atomic E-state index is 0.393. The van der Waals surface area contributed by atoms with Gasteiger partial charge in [-0.15, -0.1) is 0 Å². The Kier molecular flexibility index (Phi) is 7.07. The van der Waals surface area contributed by atoms with Gasteiger partial charge in [0, 0.05) is 16.5 Å². The van der Waals surface area contributed by atoms with Crippen LogP contribution in [0.3, 0.4) is 0 Å². The molecule has 0 spiro atoms. The summed E-state index contributed by atoms with van der Waals surface area (Å²) >= 11 is 0. The van der Waals surface area contributed by atoms with Crippen LogP contribution in [0.1, 0.15) is 36.4 Å². The highest BCUT2D eigenvalue weighted by molar-refractivity contribution is 5.73. The molecule has 0 bridgehead atoms. The summed E-state index contributed by atoms with van der Waals surface area (Å²) in [6.45, 7) is 8.75. The van der Waals surface area contributed by atoms with Crippen molar-refractivity contribution in [2.45, 2.75) is 33.1 Å². The zero-order valence-electron chi connectivity index (χ0n) is 24.1. The third-order valence-electron chi connectivity index (χ3n) is 7.75. The lowest BCUT2D eigenvalue weighted by atomic mass is 9.83. The van der Waals surface area contributed by atoms with Crippen molar-refractivity contribution in [1.82, 2.24) is 9.97 Å². The summed E-state index contributed by atoms with van der Waals surface area (Å²) in [4.78, 5) is 10.5. The van der Waals surface area contributed by atoms with E-state index in [2.05, 4.69) is 161 Å². The van der Waals surface area contributed by atoms with Crippen molar-refractivity contribution in [3.05, 3.63) is 156 Å². The fraction of sp³-hybridized carbons (Fsp3) is 0.128. The van der Waals surface area contributed by atoms with E-state index in [4.69, 9.17) is 9.97 Å². The molecule has 0 unspecified atom stereocenters. The highest BCUT2D eigenvalue weighted by atomic mass is 14.8. The maximum atomic E-state index is 5.23. The smallest absolute Gasteiger partial charge is 0.0708 e.